The molecule has 0 N–H and O–H groups in total. The topological polar surface area (TPSA) is 43.9 Å². The quantitative estimate of drug-likeness (QED) is 0.167. The Bertz CT molecular complexity index is 3700. The maximum Gasteiger partial charge on any atom is 0.165 e. The molecule has 57 heavy (non-hydrogen) atoms. The van der Waals surface area contributed by atoms with Gasteiger partial charge in [-0.3, -0.25) is 4.57 Å². The Morgan fingerprint density at radius 3 is 1.88 bits per heavy atom. The van der Waals surface area contributed by atoms with E-state index in [9.17, 15) is 0 Å². The maximum atomic E-state index is 6.50. The van der Waals surface area contributed by atoms with Crippen LogP contribution in [-0.2, 0) is 5.41 Å². The van der Waals surface area contributed by atoms with Gasteiger partial charge in [0.15, 0.2) is 5.82 Å². The summed E-state index contributed by atoms with van der Waals surface area (Å²) in [5.41, 5.74) is 9.71. The first kappa shape index (κ1) is 31.0. The van der Waals surface area contributed by atoms with E-state index < -0.39 is 0 Å². The van der Waals surface area contributed by atoms with Crippen LogP contribution in [0.3, 0.4) is 0 Å². The molecule has 3 heterocycles. The van der Waals surface area contributed by atoms with Gasteiger partial charge in [0, 0.05) is 48.9 Å². The van der Waals surface area contributed by atoms with Gasteiger partial charge < -0.3 is 4.42 Å². The predicted octanol–water partition coefficient (Wildman–Crippen LogP) is 14.1. The van der Waals surface area contributed by atoms with Crippen molar-refractivity contribution in [3.05, 3.63) is 175 Å². The largest absolute Gasteiger partial charge is 0.456 e. The summed E-state index contributed by atoms with van der Waals surface area (Å²) in [6.07, 6.45) is 0. The van der Waals surface area contributed by atoms with Gasteiger partial charge in [-0.25, -0.2) is 9.97 Å². The number of para-hydroxylation sites is 1. The molecule has 0 spiro atoms. The minimum Gasteiger partial charge on any atom is -0.456 e. The number of hydrogen-bond donors (Lipinski definition) is 0. The first-order chi connectivity index (χ1) is 28.1. The molecule has 0 saturated heterocycles. The molecule has 0 aliphatic heterocycles. The number of furan rings is 1. The van der Waals surface area contributed by atoms with Crippen LogP contribution < -0.4 is 0 Å². The monoisotopic (exact) mass is 727 g/mol. The van der Waals surface area contributed by atoms with Gasteiger partial charge in [0.25, 0.3) is 0 Å². The Kier molecular flexibility index (Phi) is 5.94. The van der Waals surface area contributed by atoms with Crippen molar-refractivity contribution in [3.63, 3.8) is 0 Å². The van der Waals surface area contributed by atoms with Crippen LogP contribution in [0, 0.1) is 0 Å². The lowest BCUT2D eigenvalue weighted by atomic mass is 9.85. The Hall–Kier alpha value is -7.30. The van der Waals surface area contributed by atoms with Crippen LogP contribution in [0.1, 0.15) is 25.1 Å². The lowest BCUT2D eigenvalue weighted by Gasteiger charge is -2.22. The van der Waals surface area contributed by atoms with E-state index in [0.29, 0.717) is 0 Å². The molecule has 0 radical (unpaired) electrons. The lowest BCUT2D eigenvalue weighted by Crippen LogP contribution is -2.18. The Morgan fingerprint density at radius 2 is 1.05 bits per heavy atom. The molecule has 0 unspecified atom stereocenters. The fourth-order valence-corrected chi connectivity index (χ4v) is 10.2. The molecule has 0 atom stereocenters. The number of nitrogens with zero attached hydrogens (tertiary/aromatic N) is 3. The zero-order chi connectivity index (χ0) is 37.6. The summed E-state index contributed by atoms with van der Waals surface area (Å²) in [4.78, 5) is 11.7. The van der Waals surface area contributed by atoms with Crippen LogP contribution in [0.5, 0.6) is 0 Å². The zero-order valence-electron chi connectivity index (χ0n) is 31.3. The minimum atomic E-state index is -0.345. The highest BCUT2D eigenvalue weighted by Crippen LogP contribution is 2.51. The van der Waals surface area contributed by atoms with Gasteiger partial charge in [0.2, 0.25) is 0 Å². The number of benzene rings is 9. The van der Waals surface area contributed by atoms with E-state index in [-0.39, 0.29) is 5.41 Å². The average Bonchev–Trinajstić information content (AvgIpc) is 3.89. The highest BCUT2D eigenvalue weighted by atomic mass is 16.3. The predicted molar refractivity (Wildman–Crippen MR) is 237 cm³/mol. The summed E-state index contributed by atoms with van der Waals surface area (Å²) >= 11 is 0. The number of aromatic nitrogens is 3. The zero-order valence-corrected chi connectivity index (χ0v) is 31.3. The van der Waals surface area contributed by atoms with E-state index in [4.69, 9.17) is 14.4 Å². The smallest absolute Gasteiger partial charge is 0.165 e. The molecule has 0 saturated carbocycles. The molecule has 0 amide bonds. The first-order valence-electron chi connectivity index (χ1n) is 19.7. The van der Waals surface area contributed by atoms with Crippen molar-refractivity contribution in [2.24, 2.45) is 0 Å². The van der Waals surface area contributed by atoms with Gasteiger partial charge in [-0.05, 0) is 56.1 Å². The third-order valence-electron chi connectivity index (χ3n) is 12.7. The van der Waals surface area contributed by atoms with E-state index in [1.165, 1.54) is 59.4 Å². The second-order valence-electron chi connectivity index (χ2n) is 16.0. The van der Waals surface area contributed by atoms with Gasteiger partial charge in [0.1, 0.15) is 16.9 Å². The number of rotatable bonds is 2. The van der Waals surface area contributed by atoms with E-state index in [2.05, 4.69) is 170 Å². The molecule has 3 aromatic heterocycles. The van der Waals surface area contributed by atoms with Crippen LogP contribution in [0.15, 0.2) is 168 Å². The average molecular weight is 728 g/mol. The molecule has 13 rings (SSSR count). The summed E-state index contributed by atoms with van der Waals surface area (Å²) < 4.78 is 8.92. The van der Waals surface area contributed by atoms with E-state index in [1.54, 1.807) is 0 Å². The maximum absolute atomic E-state index is 6.50. The second kappa shape index (κ2) is 10.9. The van der Waals surface area contributed by atoms with Crippen LogP contribution in [0.2, 0.25) is 0 Å². The Balaban J connectivity index is 1.28. The van der Waals surface area contributed by atoms with E-state index in [1.807, 2.05) is 12.1 Å². The second-order valence-corrected chi connectivity index (χ2v) is 16.0. The molecule has 1 aliphatic rings. The standard InChI is InChI=1S/C53H33N3O/c1-53(2)41-23-11-9-20-37(41)48-51(53)54-49(39-22-13-25-44-45(39)38-21-10-12-24-43(38)57-44)52(55-48)56-42-29-28-36-34-18-6-5-16-32(34)33-17-7-8-19-35(33)46(36)47(42)40-27-26-30-14-3-4-15-31(30)50(40)56/h3-29H,1-2H3. The van der Waals surface area contributed by atoms with Gasteiger partial charge in [-0.15, -0.1) is 0 Å². The van der Waals surface area contributed by atoms with Crippen molar-refractivity contribution in [3.8, 4) is 28.3 Å². The number of hydrogen-bond acceptors (Lipinski definition) is 3. The van der Waals surface area contributed by atoms with Crippen LogP contribution >= 0.6 is 0 Å². The van der Waals surface area contributed by atoms with Crippen molar-refractivity contribution in [1.29, 1.82) is 0 Å². The lowest BCUT2D eigenvalue weighted by molar-refractivity contribution is 0.635. The summed E-state index contributed by atoms with van der Waals surface area (Å²) in [5, 5.41) is 14.4. The van der Waals surface area contributed by atoms with Crippen LogP contribution in [-0.4, -0.2) is 14.5 Å². The summed E-state index contributed by atoms with van der Waals surface area (Å²) in [7, 11) is 0. The van der Waals surface area contributed by atoms with E-state index in [0.717, 1.165) is 67.0 Å². The van der Waals surface area contributed by atoms with E-state index >= 15 is 0 Å². The summed E-state index contributed by atoms with van der Waals surface area (Å²) in [5.74, 6) is 0.805. The van der Waals surface area contributed by atoms with Gasteiger partial charge in [-0.1, -0.05) is 159 Å². The van der Waals surface area contributed by atoms with Crippen LogP contribution in [0.25, 0.3) is 115 Å². The molecular weight excluding hydrogens is 695 g/mol. The Labute approximate surface area is 327 Å². The van der Waals surface area contributed by atoms with Crippen molar-refractivity contribution < 1.29 is 4.42 Å². The molecule has 0 bridgehead atoms. The van der Waals surface area contributed by atoms with Gasteiger partial charge in [-0.2, -0.15) is 0 Å². The van der Waals surface area contributed by atoms with Gasteiger partial charge in [0.05, 0.1) is 22.4 Å². The molecule has 12 aromatic rings. The summed E-state index contributed by atoms with van der Waals surface area (Å²) in [6.45, 7) is 4.55. The summed E-state index contributed by atoms with van der Waals surface area (Å²) in [6, 6.07) is 59.0. The number of fused-ring (bicyclic) bond motifs is 18. The molecule has 266 valence electrons. The third kappa shape index (κ3) is 3.96. The Morgan fingerprint density at radius 1 is 0.439 bits per heavy atom. The van der Waals surface area contributed by atoms with Crippen molar-refractivity contribution in [2.75, 3.05) is 0 Å². The third-order valence-corrected chi connectivity index (χ3v) is 12.7. The SMILES string of the molecule is CC1(C)c2ccccc2-c2nc(-n3c4ccc5c6ccccc6c6ccccc6c5c4c4ccc5ccccc5c43)c(-c3cccc4oc5ccccc5c34)nc21. The van der Waals surface area contributed by atoms with Crippen molar-refractivity contribution in [2.45, 2.75) is 19.3 Å². The first-order valence-corrected chi connectivity index (χ1v) is 19.7. The van der Waals surface area contributed by atoms with Gasteiger partial charge >= 0.3 is 0 Å². The molecule has 4 nitrogen and oxygen atoms in total. The minimum absolute atomic E-state index is 0.345. The van der Waals surface area contributed by atoms with Crippen molar-refractivity contribution >= 4 is 86.8 Å². The highest BCUT2D eigenvalue weighted by Gasteiger charge is 2.40. The molecule has 0 fully saturated rings. The highest BCUT2D eigenvalue weighted by molar-refractivity contribution is 6.36. The molecule has 4 heteroatoms. The fourth-order valence-electron chi connectivity index (χ4n) is 10.2. The molecule has 1 aliphatic carbocycles. The molecular formula is C53H33N3O. The normalized spacial score (nSPS) is 13.6. The molecule has 9 aromatic carbocycles. The fraction of sp³-hybridized carbons (Fsp3) is 0.0566. The van der Waals surface area contributed by atoms with Crippen LogP contribution in [0.4, 0.5) is 0 Å². The van der Waals surface area contributed by atoms with Crippen molar-refractivity contribution in [1.82, 2.24) is 14.5 Å².